The van der Waals surface area contributed by atoms with Crippen molar-refractivity contribution in [2.75, 3.05) is 20.5 Å². The van der Waals surface area contributed by atoms with Gasteiger partial charge >= 0.3 is 0 Å². The van der Waals surface area contributed by atoms with Gasteiger partial charge in [-0.1, -0.05) is 41.6 Å². The molecule has 0 radical (unpaired) electrons. The average Bonchev–Trinajstić information content (AvgIpc) is 3.12. The first-order chi connectivity index (χ1) is 13.7. The third-order valence-corrected chi connectivity index (χ3v) is 4.65. The summed E-state index contributed by atoms with van der Waals surface area (Å²) in [4.78, 5) is 0. The molecule has 9 heteroatoms. The van der Waals surface area contributed by atoms with E-state index in [-0.39, 0.29) is 6.61 Å². The van der Waals surface area contributed by atoms with E-state index < -0.39 is 0 Å². The van der Waals surface area contributed by atoms with Gasteiger partial charge in [0, 0.05) is 0 Å². The molecule has 0 atom stereocenters. The molecule has 3 rings (SSSR count). The lowest BCUT2D eigenvalue weighted by atomic mass is 10.2. The zero-order chi connectivity index (χ0) is 19.9. The molecule has 28 heavy (non-hydrogen) atoms. The molecular formula is C19H19ClN4O3S. The number of para-hydroxylation sites is 1. The van der Waals surface area contributed by atoms with Crippen LogP contribution in [0.4, 0.5) is 0 Å². The van der Waals surface area contributed by atoms with Crippen LogP contribution in [-0.4, -0.2) is 41.6 Å². The standard InChI is InChI=1S/C19H19ClN4O3S/c1-25-16-10-13(9-15(20)18(16)26-2)11-21-24-17(22-23-19(24)28-3)12-27-14-7-5-4-6-8-14/h4-11H,12H2,1-3H3/b21-11-. The number of nitrogens with zero attached hydrogens (tertiary/aromatic N) is 4. The van der Waals surface area contributed by atoms with Crippen molar-refractivity contribution >= 4 is 29.6 Å². The minimum Gasteiger partial charge on any atom is -0.493 e. The van der Waals surface area contributed by atoms with Crippen molar-refractivity contribution in [3.8, 4) is 17.2 Å². The van der Waals surface area contributed by atoms with Crippen LogP contribution < -0.4 is 14.2 Å². The van der Waals surface area contributed by atoms with Crippen LogP contribution in [0.25, 0.3) is 0 Å². The first kappa shape index (κ1) is 20.0. The predicted octanol–water partition coefficient (Wildman–Crippen LogP) is 4.13. The Morgan fingerprint density at radius 2 is 1.93 bits per heavy atom. The molecule has 2 aromatic carbocycles. The number of rotatable bonds is 8. The summed E-state index contributed by atoms with van der Waals surface area (Å²) in [6.07, 6.45) is 3.56. The van der Waals surface area contributed by atoms with Crippen molar-refractivity contribution < 1.29 is 14.2 Å². The van der Waals surface area contributed by atoms with E-state index in [1.807, 2.05) is 36.6 Å². The highest BCUT2D eigenvalue weighted by Gasteiger charge is 2.13. The Balaban J connectivity index is 1.85. The Morgan fingerprint density at radius 3 is 2.61 bits per heavy atom. The second-order valence-corrected chi connectivity index (χ2v) is 6.68. The summed E-state index contributed by atoms with van der Waals surface area (Å²) < 4.78 is 18.0. The molecule has 7 nitrogen and oxygen atoms in total. The van der Waals surface area contributed by atoms with Crippen LogP contribution in [-0.2, 0) is 6.61 Å². The highest BCUT2D eigenvalue weighted by atomic mass is 35.5. The monoisotopic (exact) mass is 418 g/mol. The van der Waals surface area contributed by atoms with Crippen molar-refractivity contribution in [3.63, 3.8) is 0 Å². The second kappa shape index (κ2) is 9.48. The van der Waals surface area contributed by atoms with Gasteiger partial charge in [0.25, 0.3) is 0 Å². The SMILES string of the molecule is COc1cc(/C=N\n2c(COc3ccccc3)nnc2SC)cc(Cl)c1OC. The van der Waals surface area contributed by atoms with E-state index in [4.69, 9.17) is 25.8 Å². The van der Waals surface area contributed by atoms with Gasteiger partial charge in [-0.05, 0) is 36.1 Å². The largest absolute Gasteiger partial charge is 0.493 e. The molecule has 0 unspecified atom stereocenters. The smallest absolute Gasteiger partial charge is 0.211 e. The van der Waals surface area contributed by atoms with Crippen LogP contribution in [0.15, 0.2) is 52.7 Å². The summed E-state index contributed by atoms with van der Waals surface area (Å²) in [5.74, 6) is 2.33. The fraction of sp³-hybridized carbons (Fsp3) is 0.211. The quantitative estimate of drug-likeness (QED) is 0.404. The Bertz CT molecular complexity index is 963. The Labute approximate surface area is 172 Å². The van der Waals surface area contributed by atoms with Crippen molar-refractivity contribution in [3.05, 3.63) is 58.9 Å². The van der Waals surface area contributed by atoms with E-state index in [9.17, 15) is 0 Å². The van der Waals surface area contributed by atoms with E-state index in [1.165, 1.54) is 11.8 Å². The van der Waals surface area contributed by atoms with Gasteiger partial charge in [-0.25, -0.2) is 0 Å². The molecule has 146 valence electrons. The van der Waals surface area contributed by atoms with Crippen molar-refractivity contribution in [2.24, 2.45) is 5.10 Å². The number of ether oxygens (including phenoxy) is 3. The number of aromatic nitrogens is 3. The summed E-state index contributed by atoms with van der Waals surface area (Å²) in [6, 6.07) is 13.0. The van der Waals surface area contributed by atoms with Crippen LogP contribution in [0.1, 0.15) is 11.4 Å². The number of methoxy groups -OCH3 is 2. The topological polar surface area (TPSA) is 70.8 Å². The maximum absolute atomic E-state index is 6.26. The van der Waals surface area contributed by atoms with Crippen LogP contribution in [0.5, 0.6) is 17.2 Å². The number of hydrogen-bond acceptors (Lipinski definition) is 7. The molecule has 0 amide bonds. The molecule has 0 fully saturated rings. The Morgan fingerprint density at radius 1 is 1.14 bits per heavy atom. The molecule has 0 bridgehead atoms. The molecule has 0 aliphatic carbocycles. The van der Waals surface area contributed by atoms with Crippen LogP contribution in [0.2, 0.25) is 5.02 Å². The lowest BCUT2D eigenvalue weighted by Crippen LogP contribution is -2.05. The van der Waals surface area contributed by atoms with Gasteiger partial charge in [0.1, 0.15) is 12.4 Å². The summed E-state index contributed by atoms with van der Waals surface area (Å²) >= 11 is 7.70. The van der Waals surface area contributed by atoms with Crippen LogP contribution >= 0.6 is 23.4 Å². The minimum atomic E-state index is 0.238. The predicted molar refractivity (Wildman–Crippen MR) is 110 cm³/mol. The normalized spacial score (nSPS) is 11.0. The van der Waals surface area contributed by atoms with E-state index in [0.29, 0.717) is 27.5 Å². The van der Waals surface area contributed by atoms with E-state index >= 15 is 0 Å². The van der Waals surface area contributed by atoms with Crippen molar-refractivity contribution in [1.29, 1.82) is 0 Å². The Hall–Kier alpha value is -2.71. The van der Waals surface area contributed by atoms with Gasteiger partial charge in [0.05, 0.1) is 25.5 Å². The molecule has 1 heterocycles. The molecule has 0 saturated carbocycles. The first-order valence-electron chi connectivity index (χ1n) is 8.28. The molecular weight excluding hydrogens is 400 g/mol. The maximum Gasteiger partial charge on any atom is 0.211 e. The lowest BCUT2D eigenvalue weighted by molar-refractivity contribution is 0.290. The van der Waals surface area contributed by atoms with E-state index in [2.05, 4.69) is 15.3 Å². The second-order valence-electron chi connectivity index (χ2n) is 5.50. The van der Waals surface area contributed by atoms with E-state index in [0.717, 1.165) is 11.3 Å². The number of benzene rings is 2. The lowest BCUT2D eigenvalue weighted by Gasteiger charge is -2.10. The number of halogens is 1. The third-order valence-electron chi connectivity index (χ3n) is 3.75. The van der Waals surface area contributed by atoms with Crippen molar-refractivity contribution in [1.82, 2.24) is 14.9 Å². The molecule has 0 aliphatic heterocycles. The zero-order valence-corrected chi connectivity index (χ0v) is 17.2. The van der Waals surface area contributed by atoms with Gasteiger partial charge in [0.15, 0.2) is 17.3 Å². The summed E-state index contributed by atoms with van der Waals surface area (Å²) in [5, 5.41) is 13.9. The van der Waals surface area contributed by atoms with Gasteiger partial charge in [-0.3, -0.25) is 0 Å². The molecule has 3 aromatic rings. The first-order valence-corrected chi connectivity index (χ1v) is 9.88. The highest BCUT2D eigenvalue weighted by Crippen LogP contribution is 2.35. The van der Waals surface area contributed by atoms with Crippen LogP contribution in [0.3, 0.4) is 0 Å². The summed E-state index contributed by atoms with van der Waals surface area (Å²) in [6.45, 7) is 0.238. The molecule has 0 spiro atoms. The fourth-order valence-electron chi connectivity index (χ4n) is 2.43. The van der Waals surface area contributed by atoms with E-state index in [1.54, 1.807) is 37.2 Å². The van der Waals surface area contributed by atoms with Gasteiger partial charge < -0.3 is 14.2 Å². The average molecular weight is 419 g/mol. The Kier molecular flexibility index (Phi) is 6.78. The third kappa shape index (κ3) is 4.58. The summed E-state index contributed by atoms with van der Waals surface area (Å²) in [5.41, 5.74) is 0.748. The van der Waals surface area contributed by atoms with Gasteiger partial charge in [0.2, 0.25) is 5.16 Å². The van der Waals surface area contributed by atoms with Crippen molar-refractivity contribution in [2.45, 2.75) is 11.8 Å². The number of hydrogen-bond donors (Lipinski definition) is 0. The molecule has 0 aliphatic rings. The molecule has 1 aromatic heterocycles. The maximum atomic E-state index is 6.26. The minimum absolute atomic E-state index is 0.238. The van der Waals surface area contributed by atoms with Crippen LogP contribution in [0, 0.1) is 0 Å². The number of thioether (sulfide) groups is 1. The fourth-order valence-corrected chi connectivity index (χ4v) is 3.17. The highest BCUT2D eigenvalue weighted by molar-refractivity contribution is 7.98. The molecule has 0 saturated heterocycles. The van der Waals surface area contributed by atoms with Gasteiger partial charge in [-0.2, -0.15) is 9.78 Å². The molecule has 0 N–H and O–H groups in total. The summed E-state index contributed by atoms with van der Waals surface area (Å²) in [7, 11) is 3.10. The van der Waals surface area contributed by atoms with Gasteiger partial charge in [-0.15, -0.1) is 10.2 Å². The zero-order valence-electron chi connectivity index (χ0n) is 15.6.